The average molecular weight is 562 g/mol. The molecule has 2 aliphatic heterocycles. The number of hydrogen-bond acceptors (Lipinski definition) is 8. The molecular formula is C32H39N3O6. The summed E-state index contributed by atoms with van der Waals surface area (Å²) in [7, 11) is 0. The Morgan fingerprint density at radius 1 is 1.17 bits per heavy atom. The van der Waals surface area contributed by atoms with E-state index in [4.69, 9.17) is 4.74 Å². The monoisotopic (exact) mass is 561 g/mol. The highest BCUT2D eigenvalue weighted by molar-refractivity contribution is 5.99. The fourth-order valence-electron chi connectivity index (χ4n) is 6.12. The van der Waals surface area contributed by atoms with Gasteiger partial charge in [0.15, 0.2) is 12.0 Å². The van der Waals surface area contributed by atoms with Gasteiger partial charge in [-0.3, -0.25) is 14.3 Å². The van der Waals surface area contributed by atoms with Crippen LogP contribution >= 0.6 is 0 Å². The molecule has 0 amide bonds. The molecule has 2 aliphatic rings. The van der Waals surface area contributed by atoms with E-state index in [1.807, 2.05) is 13.0 Å². The van der Waals surface area contributed by atoms with Gasteiger partial charge in [-0.15, -0.1) is 0 Å². The second kappa shape index (κ2) is 11.8. The van der Waals surface area contributed by atoms with Crippen molar-refractivity contribution in [1.29, 1.82) is 0 Å². The third-order valence-electron chi connectivity index (χ3n) is 8.12. The van der Waals surface area contributed by atoms with Crippen molar-refractivity contribution < 1.29 is 29.6 Å². The van der Waals surface area contributed by atoms with Crippen molar-refractivity contribution in [2.24, 2.45) is 5.92 Å². The molecule has 0 aliphatic carbocycles. The van der Waals surface area contributed by atoms with E-state index >= 15 is 0 Å². The molecule has 3 heterocycles. The number of ketones is 2. The van der Waals surface area contributed by atoms with Crippen molar-refractivity contribution in [2.75, 3.05) is 11.4 Å². The first-order valence-corrected chi connectivity index (χ1v) is 14.4. The van der Waals surface area contributed by atoms with Gasteiger partial charge in [-0.25, -0.2) is 0 Å². The standard InChI is InChI=1S/C32H39N3O6/c1-4-35-30(23(17-33-35)10-8-20(2)3)29(39)18-34-28-11-9-22(19-36)14-27(28)32(40)16-26(41-31(32)34)15-25(38)13-21-6-5-7-24(37)12-21/h5-7,9,11-12,14,17,20,26,31,36-37,40H,4,8,10,13,15-16,18-19H2,1-3H3. The van der Waals surface area contributed by atoms with Crippen LogP contribution < -0.4 is 4.90 Å². The summed E-state index contributed by atoms with van der Waals surface area (Å²) in [6, 6.07) is 11.9. The molecule has 0 saturated carbocycles. The number of aliphatic hydroxyl groups is 2. The highest BCUT2D eigenvalue weighted by Gasteiger charge is 2.57. The molecule has 3 aromatic rings. The van der Waals surface area contributed by atoms with Crippen LogP contribution in [0.15, 0.2) is 48.7 Å². The summed E-state index contributed by atoms with van der Waals surface area (Å²) in [5, 5.41) is 36.0. The van der Waals surface area contributed by atoms with Gasteiger partial charge in [0.2, 0.25) is 0 Å². The molecule has 5 rings (SSSR count). The molecule has 1 aromatic heterocycles. The summed E-state index contributed by atoms with van der Waals surface area (Å²) in [6.45, 7) is 6.60. The SMILES string of the molecule is CCn1ncc(CCC(C)C)c1C(=O)CN1c2ccc(CO)cc2C2(O)CC(CC(=O)Cc3cccc(O)c3)OC12. The summed E-state index contributed by atoms with van der Waals surface area (Å²) < 4.78 is 8.07. The van der Waals surface area contributed by atoms with Crippen LogP contribution in [0.1, 0.15) is 72.8 Å². The zero-order chi connectivity index (χ0) is 29.3. The molecule has 3 unspecified atom stereocenters. The third kappa shape index (κ3) is 5.80. The predicted molar refractivity (Wildman–Crippen MR) is 154 cm³/mol. The first-order valence-electron chi connectivity index (χ1n) is 14.4. The number of carbonyl (C=O) groups excluding carboxylic acids is 2. The van der Waals surface area contributed by atoms with Gasteiger partial charge in [-0.2, -0.15) is 5.10 Å². The molecule has 41 heavy (non-hydrogen) atoms. The summed E-state index contributed by atoms with van der Waals surface area (Å²) >= 11 is 0. The summed E-state index contributed by atoms with van der Waals surface area (Å²) in [5.41, 5.74) is 2.67. The Hall–Kier alpha value is -3.53. The highest BCUT2D eigenvalue weighted by atomic mass is 16.5. The highest BCUT2D eigenvalue weighted by Crippen LogP contribution is 2.52. The molecule has 9 heteroatoms. The number of Topliss-reactive ketones (excluding diaryl/α,β-unsaturated/α-hetero) is 2. The first kappa shape index (κ1) is 29.0. The lowest BCUT2D eigenvalue weighted by molar-refractivity contribution is -0.121. The Kier molecular flexibility index (Phi) is 8.31. The number of carbonyl (C=O) groups is 2. The number of aromatic nitrogens is 2. The van der Waals surface area contributed by atoms with Crippen LogP contribution in [0.5, 0.6) is 5.75 Å². The van der Waals surface area contributed by atoms with Gasteiger partial charge >= 0.3 is 0 Å². The molecule has 0 spiro atoms. The minimum atomic E-state index is -1.44. The van der Waals surface area contributed by atoms with Crippen LogP contribution in [-0.2, 0) is 41.1 Å². The van der Waals surface area contributed by atoms with Crippen molar-refractivity contribution >= 4 is 17.3 Å². The lowest BCUT2D eigenvalue weighted by atomic mass is 9.89. The second-order valence-corrected chi connectivity index (χ2v) is 11.7. The molecular weight excluding hydrogens is 522 g/mol. The molecule has 9 nitrogen and oxygen atoms in total. The smallest absolute Gasteiger partial charge is 0.200 e. The number of fused-ring (bicyclic) bond motifs is 3. The maximum atomic E-state index is 13.9. The number of aliphatic hydroxyl groups excluding tert-OH is 1. The third-order valence-corrected chi connectivity index (χ3v) is 8.12. The number of ether oxygens (including phenoxy) is 1. The number of rotatable bonds is 12. The number of aromatic hydroxyl groups is 1. The van der Waals surface area contributed by atoms with Crippen LogP contribution in [0, 0.1) is 5.92 Å². The molecule has 2 aromatic carbocycles. The van der Waals surface area contributed by atoms with Gasteiger partial charge in [-0.1, -0.05) is 32.0 Å². The first-order chi connectivity index (χ1) is 19.6. The second-order valence-electron chi connectivity index (χ2n) is 11.7. The van der Waals surface area contributed by atoms with Gasteiger partial charge in [0.05, 0.1) is 25.5 Å². The number of benzene rings is 2. The quantitative estimate of drug-likeness (QED) is 0.285. The summed E-state index contributed by atoms with van der Waals surface area (Å²) in [4.78, 5) is 28.6. The van der Waals surface area contributed by atoms with Gasteiger partial charge in [0.1, 0.15) is 22.8 Å². The van der Waals surface area contributed by atoms with Crippen LogP contribution in [0.2, 0.25) is 0 Å². The van der Waals surface area contributed by atoms with E-state index in [1.54, 1.807) is 52.2 Å². The van der Waals surface area contributed by atoms with E-state index in [0.29, 0.717) is 40.5 Å². The predicted octanol–water partition coefficient (Wildman–Crippen LogP) is 3.90. The molecule has 3 atom stereocenters. The van der Waals surface area contributed by atoms with Crippen molar-refractivity contribution in [1.82, 2.24) is 9.78 Å². The molecule has 0 radical (unpaired) electrons. The number of hydrogen-bond donors (Lipinski definition) is 3. The number of nitrogens with zero attached hydrogens (tertiary/aromatic N) is 3. The zero-order valence-corrected chi connectivity index (χ0v) is 23.9. The van der Waals surface area contributed by atoms with E-state index in [9.17, 15) is 24.9 Å². The summed E-state index contributed by atoms with van der Waals surface area (Å²) in [5.74, 6) is 0.405. The average Bonchev–Trinajstić information content (AvgIpc) is 3.56. The Labute approximate surface area is 240 Å². The summed E-state index contributed by atoms with van der Waals surface area (Å²) in [6.07, 6.45) is 2.48. The van der Waals surface area contributed by atoms with E-state index in [0.717, 1.165) is 18.4 Å². The Balaban J connectivity index is 1.40. The number of phenolic OH excluding ortho intramolecular Hbond substituents is 1. The lowest BCUT2D eigenvalue weighted by Gasteiger charge is -2.28. The molecule has 218 valence electrons. The van der Waals surface area contributed by atoms with Crippen molar-refractivity contribution in [3.8, 4) is 5.75 Å². The maximum absolute atomic E-state index is 13.9. The fourth-order valence-corrected chi connectivity index (χ4v) is 6.12. The van der Waals surface area contributed by atoms with E-state index < -0.39 is 17.9 Å². The maximum Gasteiger partial charge on any atom is 0.200 e. The van der Waals surface area contributed by atoms with Crippen molar-refractivity contribution in [3.63, 3.8) is 0 Å². The van der Waals surface area contributed by atoms with Gasteiger partial charge in [-0.05, 0) is 61.1 Å². The zero-order valence-electron chi connectivity index (χ0n) is 23.9. The lowest BCUT2D eigenvalue weighted by Crippen LogP contribution is -2.44. The van der Waals surface area contributed by atoms with Crippen LogP contribution in [-0.4, -0.2) is 55.5 Å². The van der Waals surface area contributed by atoms with Crippen LogP contribution in [0.25, 0.3) is 0 Å². The normalized spacial score (nSPS) is 21.4. The van der Waals surface area contributed by atoms with Crippen LogP contribution in [0.4, 0.5) is 5.69 Å². The van der Waals surface area contributed by atoms with E-state index in [-0.39, 0.29) is 49.7 Å². The molecule has 0 bridgehead atoms. The minimum absolute atomic E-state index is 0.0250. The minimum Gasteiger partial charge on any atom is -0.508 e. The van der Waals surface area contributed by atoms with Crippen molar-refractivity contribution in [2.45, 2.75) is 84.0 Å². The van der Waals surface area contributed by atoms with E-state index in [1.165, 1.54) is 0 Å². The van der Waals surface area contributed by atoms with Gasteiger partial charge in [0.25, 0.3) is 0 Å². The Morgan fingerprint density at radius 2 is 1.98 bits per heavy atom. The number of aryl methyl sites for hydroxylation is 2. The largest absolute Gasteiger partial charge is 0.508 e. The fraction of sp³-hybridized carbons (Fsp3) is 0.469. The number of phenols is 1. The van der Waals surface area contributed by atoms with Crippen molar-refractivity contribution in [3.05, 3.63) is 76.6 Å². The van der Waals surface area contributed by atoms with Crippen LogP contribution in [0.3, 0.4) is 0 Å². The van der Waals surface area contributed by atoms with Gasteiger partial charge < -0.3 is 25.0 Å². The molecule has 3 N–H and O–H groups in total. The topological polar surface area (TPSA) is 125 Å². The molecule has 1 fully saturated rings. The van der Waals surface area contributed by atoms with Gasteiger partial charge in [0, 0.05) is 42.6 Å². The molecule has 1 saturated heterocycles. The number of anilines is 1. The van der Waals surface area contributed by atoms with E-state index in [2.05, 4.69) is 18.9 Å². The Bertz CT molecular complexity index is 1430. The Morgan fingerprint density at radius 3 is 2.68 bits per heavy atom.